The number of alkyl halides is 1. The first-order valence-electron chi connectivity index (χ1n) is 25.9. The van der Waals surface area contributed by atoms with Crippen molar-refractivity contribution in [1.82, 2.24) is 5.32 Å². The van der Waals surface area contributed by atoms with E-state index in [-0.39, 0.29) is 78.7 Å². The van der Waals surface area contributed by atoms with Crippen molar-refractivity contribution in [2.45, 2.75) is 193 Å². The van der Waals surface area contributed by atoms with Crippen molar-refractivity contribution in [2.75, 3.05) is 13.2 Å². The van der Waals surface area contributed by atoms with Crippen LogP contribution in [0.5, 0.6) is 0 Å². The molecule has 5 fully saturated rings. The molecule has 3 aromatic rings. The van der Waals surface area contributed by atoms with Crippen LogP contribution in [0, 0.1) is 35.5 Å². The van der Waals surface area contributed by atoms with Crippen LogP contribution in [-0.2, 0) is 47.4 Å². The van der Waals surface area contributed by atoms with E-state index in [4.69, 9.17) is 47.4 Å². The molecule has 5 heterocycles. The Morgan fingerprint density at radius 3 is 2.03 bits per heavy atom. The van der Waals surface area contributed by atoms with E-state index in [0.29, 0.717) is 18.6 Å². The van der Waals surface area contributed by atoms with Gasteiger partial charge in [-0.25, -0.2) is 4.39 Å². The molecule has 0 bridgehead atoms. The van der Waals surface area contributed by atoms with Crippen LogP contribution >= 0.6 is 0 Å². The topological polar surface area (TPSA) is 121 Å². The SMILES string of the molecule is CCC1OC(O[C@@H]2C(CC)O[C@@H](OCC[Si](C)(C)C)C(C)C2C)C(C)C(O[C@@H]2OC3COC(c4ccccc4)O[C@H]3C(O[C@@H]3OC(C)[C@@H](C)C(C)C3F)C2NC(=O)c2ccc3ccccc3c2)[C@H]1C. The molecule has 14 heteroatoms. The van der Waals surface area contributed by atoms with E-state index in [9.17, 15) is 4.79 Å². The van der Waals surface area contributed by atoms with Crippen LogP contribution < -0.4 is 5.32 Å². The molecule has 8 rings (SSSR count). The first-order chi connectivity index (χ1) is 33.0. The van der Waals surface area contributed by atoms with Gasteiger partial charge in [0.1, 0.15) is 24.4 Å². The highest BCUT2D eigenvalue weighted by atomic mass is 28.3. The van der Waals surface area contributed by atoms with Crippen molar-refractivity contribution < 1.29 is 56.6 Å². The summed E-state index contributed by atoms with van der Waals surface area (Å²) in [6.07, 6.45) is -8.05. The summed E-state index contributed by atoms with van der Waals surface area (Å²) in [5.74, 6) is -0.981. The summed E-state index contributed by atoms with van der Waals surface area (Å²) in [6.45, 7) is 26.6. The quantitative estimate of drug-likeness (QED) is 0.147. The van der Waals surface area contributed by atoms with E-state index in [1.165, 1.54) is 0 Å². The van der Waals surface area contributed by atoms with Crippen molar-refractivity contribution >= 4 is 24.8 Å². The normalized spacial score (nSPS) is 40.8. The van der Waals surface area contributed by atoms with Crippen LogP contribution in [0.2, 0.25) is 25.7 Å². The van der Waals surface area contributed by atoms with E-state index in [2.05, 4.69) is 66.5 Å². The minimum absolute atomic E-state index is 0.0460. The molecule has 0 spiro atoms. The van der Waals surface area contributed by atoms with E-state index in [1.54, 1.807) is 6.07 Å². The maximum absolute atomic E-state index is 16.6. The fourth-order valence-corrected chi connectivity index (χ4v) is 11.6. The van der Waals surface area contributed by atoms with Crippen molar-refractivity contribution in [3.8, 4) is 0 Å². The summed E-state index contributed by atoms with van der Waals surface area (Å²) in [6, 6.07) is 23.2. The van der Waals surface area contributed by atoms with Gasteiger partial charge in [-0.15, -0.1) is 0 Å². The first-order valence-corrected chi connectivity index (χ1v) is 29.6. The van der Waals surface area contributed by atoms with Crippen LogP contribution in [0.1, 0.15) is 97.4 Å². The van der Waals surface area contributed by atoms with Gasteiger partial charge in [0.15, 0.2) is 37.6 Å². The molecular formula is C55H80FNO11Si. The molecule has 1 N–H and O–H groups in total. The van der Waals surface area contributed by atoms with Crippen molar-refractivity contribution in [3.05, 3.63) is 83.9 Å². The van der Waals surface area contributed by atoms with E-state index in [0.717, 1.165) is 28.8 Å². The second kappa shape index (κ2) is 22.5. The molecule has 5 aliphatic rings. The number of benzene rings is 3. The smallest absolute Gasteiger partial charge is 0.251 e. The van der Waals surface area contributed by atoms with Gasteiger partial charge >= 0.3 is 0 Å². The van der Waals surface area contributed by atoms with Crippen LogP contribution in [0.4, 0.5) is 4.39 Å². The second-order valence-corrected chi connectivity index (χ2v) is 27.6. The highest BCUT2D eigenvalue weighted by molar-refractivity contribution is 6.76. The molecule has 69 heavy (non-hydrogen) atoms. The Morgan fingerprint density at radius 2 is 1.32 bits per heavy atom. The van der Waals surface area contributed by atoms with Crippen LogP contribution in [-0.4, -0.2) is 113 Å². The van der Waals surface area contributed by atoms with Gasteiger partial charge < -0.3 is 52.7 Å². The first kappa shape index (κ1) is 52.5. The second-order valence-electron chi connectivity index (χ2n) is 22.0. The average molecular weight is 978 g/mol. The molecule has 0 aromatic heterocycles. The van der Waals surface area contributed by atoms with Gasteiger partial charge in [0.2, 0.25) is 0 Å². The van der Waals surface area contributed by atoms with Gasteiger partial charge in [-0.05, 0) is 66.5 Å². The fourth-order valence-electron chi connectivity index (χ4n) is 10.9. The van der Waals surface area contributed by atoms with E-state index in [1.807, 2.05) is 87.5 Å². The van der Waals surface area contributed by atoms with Crippen molar-refractivity contribution in [2.24, 2.45) is 35.5 Å². The number of hydrogen-bond donors (Lipinski definition) is 1. The number of rotatable bonds is 15. The highest BCUT2D eigenvalue weighted by Gasteiger charge is 2.56. The third-order valence-electron chi connectivity index (χ3n) is 16.0. The summed E-state index contributed by atoms with van der Waals surface area (Å²) in [5, 5.41) is 5.22. The predicted molar refractivity (Wildman–Crippen MR) is 265 cm³/mol. The largest absolute Gasteiger partial charge is 0.353 e. The Hall–Kier alpha value is -2.86. The molecule has 3 aromatic carbocycles. The number of fused-ring (bicyclic) bond motifs is 2. The Labute approximate surface area is 411 Å². The lowest BCUT2D eigenvalue weighted by molar-refractivity contribution is -0.384. The molecular weight excluding hydrogens is 898 g/mol. The molecule has 382 valence electrons. The Morgan fingerprint density at radius 1 is 0.652 bits per heavy atom. The van der Waals surface area contributed by atoms with Gasteiger partial charge in [0, 0.05) is 43.6 Å². The number of hydrogen-bond acceptors (Lipinski definition) is 11. The molecule has 0 saturated carbocycles. The minimum Gasteiger partial charge on any atom is -0.353 e. The maximum Gasteiger partial charge on any atom is 0.251 e. The average Bonchev–Trinajstić information content (AvgIpc) is 3.34. The third kappa shape index (κ3) is 11.7. The Balaban J connectivity index is 1.11. The van der Waals surface area contributed by atoms with Crippen LogP contribution in [0.3, 0.4) is 0 Å². The monoisotopic (exact) mass is 978 g/mol. The molecule has 0 aliphatic carbocycles. The highest BCUT2D eigenvalue weighted by Crippen LogP contribution is 2.44. The van der Waals surface area contributed by atoms with Crippen molar-refractivity contribution in [1.29, 1.82) is 0 Å². The number of carbonyl (C=O) groups is 1. The standard InChI is InChI=1S/C55H80FNO11Si/c1-13-41-34(7)46(35(8)52(62-41)66-47-32(5)33(6)51(63-42(47)14-2)59-26-27-69(10,11)12)65-55-45(57-50(58)40-25-24-37-20-18-19-23-39(37)28-40)49(68-54-44(56)31(4)30(3)36(9)61-54)48-43(64-55)29-60-53(67-48)38-21-16-15-17-22-38/h15-25,28,30-36,41-49,51-55H,13-14,26-27,29H2,1-12H3,(H,57,58)/t30-,31?,32?,33?,34-,35?,36?,41?,42?,43?,44?,45?,46?,47-,48+,49?,51+,52?,53?,54-,55-/m0/s1. The number of amides is 1. The number of carbonyl (C=O) groups excluding carboxylic acids is 1. The zero-order chi connectivity index (χ0) is 49.3. The summed E-state index contributed by atoms with van der Waals surface area (Å²) >= 11 is 0. The molecule has 21 atom stereocenters. The summed E-state index contributed by atoms with van der Waals surface area (Å²) in [5.41, 5.74) is 1.25. The molecule has 14 unspecified atom stereocenters. The predicted octanol–water partition coefficient (Wildman–Crippen LogP) is 10.5. The van der Waals surface area contributed by atoms with Gasteiger partial charge in [-0.3, -0.25) is 4.79 Å². The molecule has 0 radical (unpaired) electrons. The third-order valence-corrected chi connectivity index (χ3v) is 17.7. The van der Waals surface area contributed by atoms with Gasteiger partial charge in [0.05, 0.1) is 37.1 Å². The van der Waals surface area contributed by atoms with Gasteiger partial charge in [-0.2, -0.15) is 0 Å². The lowest BCUT2D eigenvalue weighted by atomic mass is 9.82. The fraction of sp³-hybridized carbons (Fsp3) is 0.691. The zero-order valence-electron chi connectivity index (χ0n) is 43.0. The summed E-state index contributed by atoms with van der Waals surface area (Å²) in [7, 11) is -1.29. The zero-order valence-corrected chi connectivity index (χ0v) is 44.0. The minimum atomic E-state index is -1.45. The number of ether oxygens (including phenoxy) is 10. The van der Waals surface area contributed by atoms with Crippen LogP contribution in [0.25, 0.3) is 10.8 Å². The summed E-state index contributed by atoms with van der Waals surface area (Å²) in [4.78, 5) is 14.7. The molecule has 5 aliphatic heterocycles. The molecule has 12 nitrogen and oxygen atoms in total. The molecule has 1 amide bonds. The number of halogens is 1. The van der Waals surface area contributed by atoms with Gasteiger partial charge in [0.25, 0.3) is 5.91 Å². The lowest BCUT2D eigenvalue weighted by Gasteiger charge is -2.53. The lowest BCUT2D eigenvalue weighted by Crippen LogP contribution is -2.69. The van der Waals surface area contributed by atoms with Crippen molar-refractivity contribution in [3.63, 3.8) is 0 Å². The maximum atomic E-state index is 16.6. The van der Waals surface area contributed by atoms with E-state index >= 15 is 4.39 Å². The van der Waals surface area contributed by atoms with Crippen LogP contribution in [0.15, 0.2) is 72.8 Å². The Kier molecular flexibility index (Phi) is 17.1. The summed E-state index contributed by atoms with van der Waals surface area (Å²) < 4.78 is 84.4. The van der Waals surface area contributed by atoms with Gasteiger partial charge in [-0.1, -0.05) is 136 Å². The Bertz CT molecular complexity index is 2130. The van der Waals surface area contributed by atoms with E-state index < -0.39 is 69.9 Å². The number of nitrogens with one attached hydrogen (secondary N) is 1. The molecule has 5 saturated heterocycles.